The van der Waals surface area contributed by atoms with Crippen LogP contribution in [0.3, 0.4) is 0 Å². The van der Waals surface area contributed by atoms with Gasteiger partial charge in [-0.05, 0) is 31.5 Å². The Morgan fingerprint density at radius 3 is 2.87 bits per heavy atom. The van der Waals surface area contributed by atoms with Crippen LogP contribution < -0.4 is 5.32 Å². The second kappa shape index (κ2) is 8.40. The lowest BCUT2D eigenvalue weighted by Gasteiger charge is -2.07. The molecule has 0 saturated carbocycles. The first-order chi connectivity index (χ1) is 11.0. The number of benzene rings is 1. The molecule has 5 nitrogen and oxygen atoms in total. The molecular weight excluding hydrogens is 380 g/mol. The fourth-order valence-electron chi connectivity index (χ4n) is 2.02. The van der Waals surface area contributed by atoms with Gasteiger partial charge < -0.3 is 10.1 Å². The third kappa shape index (κ3) is 4.75. The van der Waals surface area contributed by atoms with Crippen LogP contribution in [0, 0.1) is 0 Å². The summed E-state index contributed by atoms with van der Waals surface area (Å²) in [4.78, 5) is 28.0. The van der Waals surface area contributed by atoms with Crippen molar-refractivity contribution in [3.63, 3.8) is 0 Å². The highest BCUT2D eigenvalue weighted by molar-refractivity contribution is 9.10. The molecule has 0 saturated heterocycles. The van der Waals surface area contributed by atoms with Crippen molar-refractivity contribution in [1.82, 2.24) is 4.98 Å². The van der Waals surface area contributed by atoms with E-state index >= 15 is 0 Å². The number of carbonyl (C=O) groups excluding carboxylic acids is 2. The van der Waals surface area contributed by atoms with E-state index in [2.05, 4.69) is 33.2 Å². The number of carbonyl (C=O) groups is 2. The lowest BCUT2D eigenvalue weighted by Crippen LogP contribution is -2.22. The highest BCUT2D eigenvalue weighted by atomic mass is 79.9. The van der Waals surface area contributed by atoms with Gasteiger partial charge in [-0.3, -0.25) is 4.79 Å². The van der Waals surface area contributed by atoms with Crippen LogP contribution in [0.2, 0.25) is 0 Å². The lowest BCUT2D eigenvalue weighted by atomic mass is 10.2. The summed E-state index contributed by atoms with van der Waals surface area (Å²) in [6.07, 6.45) is 2.83. The Bertz CT molecular complexity index is 702. The fraction of sp³-hybridized carbons (Fsp3) is 0.438. The SMILES string of the molecule is CCCCC(Br)C(=O)Nc1nc2ccc(C(=O)OCC)cc2s1. The molecule has 0 bridgehead atoms. The zero-order valence-corrected chi connectivity index (χ0v) is 15.5. The lowest BCUT2D eigenvalue weighted by molar-refractivity contribution is -0.115. The van der Waals surface area contributed by atoms with Crippen LogP contribution in [0.1, 0.15) is 43.5 Å². The third-order valence-corrected chi connectivity index (χ3v) is 5.03. The number of ether oxygens (including phenoxy) is 1. The number of alkyl halides is 1. The van der Waals surface area contributed by atoms with E-state index < -0.39 is 0 Å². The summed E-state index contributed by atoms with van der Waals surface area (Å²) in [5, 5.41) is 3.35. The van der Waals surface area contributed by atoms with E-state index in [1.807, 2.05) is 0 Å². The van der Waals surface area contributed by atoms with Gasteiger partial charge in [-0.15, -0.1) is 0 Å². The van der Waals surface area contributed by atoms with Crippen molar-refractivity contribution in [2.45, 2.75) is 37.9 Å². The number of nitrogens with one attached hydrogen (secondary N) is 1. The fourth-order valence-corrected chi connectivity index (χ4v) is 3.36. The molecule has 1 aromatic carbocycles. The number of hydrogen-bond donors (Lipinski definition) is 1. The van der Waals surface area contributed by atoms with Crippen LogP contribution in [0.25, 0.3) is 10.2 Å². The number of unbranched alkanes of at least 4 members (excludes halogenated alkanes) is 1. The van der Waals surface area contributed by atoms with E-state index in [0.717, 1.165) is 29.5 Å². The minimum absolute atomic E-state index is 0.0943. The Morgan fingerprint density at radius 2 is 2.17 bits per heavy atom. The number of nitrogens with zero attached hydrogens (tertiary/aromatic N) is 1. The first kappa shape index (κ1) is 17.9. The molecule has 1 heterocycles. The van der Waals surface area contributed by atoms with Crippen LogP contribution in [-0.4, -0.2) is 28.3 Å². The van der Waals surface area contributed by atoms with Gasteiger partial charge in [-0.2, -0.15) is 0 Å². The predicted octanol–water partition coefficient (Wildman–Crippen LogP) is 4.37. The summed E-state index contributed by atoms with van der Waals surface area (Å²) >= 11 is 4.74. The number of esters is 1. The number of fused-ring (bicyclic) bond motifs is 1. The zero-order valence-electron chi connectivity index (χ0n) is 13.1. The first-order valence-electron chi connectivity index (χ1n) is 7.57. The van der Waals surface area contributed by atoms with E-state index in [1.54, 1.807) is 25.1 Å². The number of amides is 1. The van der Waals surface area contributed by atoms with E-state index in [-0.39, 0.29) is 16.7 Å². The van der Waals surface area contributed by atoms with Gasteiger partial charge in [0.05, 0.1) is 27.2 Å². The minimum atomic E-state index is -0.353. The molecule has 2 rings (SSSR count). The largest absolute Gasteiger partial charge is 0.462 e. The summed E-state index contributed by atoms with van der Waals surface area (Å²) in [6, 6.07) is 5.18. The standard InChI is InChI=1S/C16H19BrN2O3S/c1-3-5-6-11(17)14(20)19-16-18-12-8-7-10(9-13(12)23-16)15(21)22-4-2/h7-9,11H,3-6H2,1-2H3,(H,18,19,20). The van der Waals surface area contributed by atoms with Crippen LogP contribution in [0.5, 0.6) is 0 Å². The second-order valence-corrected chi connectivity index (χ2v) is 7.16. The van der Waals surface area contributed by atoms with E-state index in [9.17, 15) is 9.59 Å². The molecule has 0 aliphatic rings. The van der Waals surface area contributed by atoms with E-state index in [1.165, 1.54) is 11.3 Å². The normalized spacial score (nSPS) is 12.1. The molecule has 1 N–H and O–H groups in total. The molecule has 2 aromatic rings. The van der Waals surface area contributed by atoms with Gasteiger partial charge in [0.15, 0.2) is 5.13 Å². The highest BCUT2D eigenvalue weighted by Gasteiger charge is 2.16. The molecule has 1 unspecified atom stereocenters. The summed E-state index contributed by atoms with van der Waals surface area (Å²) in [7, 11) is 0. The van der Waals surface area contributed by atoms with Crippen LogP contribution in [0.15, 0.2) is 18.2 Å². The van der Waals surface area contributed by atoms with Crippen molar-refractivity contribution in [2.24, 2.45) is 0 Å². The zero-order chi connectivity index (χ0) is 16.8. The molecule has 23 heavy (non-hydrogen) atoms. The number of hydrogen-bond acceptors (Lipinski definition) is 5. The summed E-state index contributed by atoms with van der Waals surface area (Å²) in [5.41, 5.74) is 1.24. The van der Waals surface area contributed by atoms with Crippen LogP contribution >= 0.6 is 27.3 Å². The molecule has 0 aliphatic carbocycles. The van der Waals surface area contributed by atoms with E-state index in [4.69, 9.17) is 4.74 Å². The quantitative estimate of drug-likeness (QED) is 0.555. The van der Waals surface area contributed by atoms with Gasteiger partial charge in [-0.1, -0.05) is 47.0 Å². The van der Waals surface area contributed by atoms with E-state index in [0.29, 0.717) is 17.3 Å². The Morgan fingerprint density at radius 1 is 1.39 bits per heavy atom. The number of thiazole rings is 1. The first-order valence-corrected chi connectivity index (χ1v) is 9.31. The van der Waals surface area contributed by atoms with Gasteiger partial charge in [0.2, 0.25) is 5.91 Å². The topological polar surface area (TPSA) is 68.3 Å². The Balaban J connectivity index is 2.11. The molecule has 1 amide bonds. The summed E-state index contributed by atoms with van der Waals surface area (Å²) in [6.45, 7) is 4.20. The molecule has 1 atom stereocenters. The number of rotatable bonds is 7. The molecule has 0 spiro atoms. The smallest absolute Gasteiger partial charge is 0.338 e. The Labute approximate surface area is 147 Å². The maximum Gasteiger partial charge on any atom is 0.338 e. The molecule has 124 valence electrons. The maximum atomic E-state index is 12.1. The van der Waals surface area contributed by atoms with Crippen molar-refractivity contribution >= 4 is 54.5 Å². The van der Waals surface area contributed by atoms with Crippen molar-refractivity contribution in [1.29, 1.82) is 0 Å². The number of anilines is 1. The molecule has 0 aliphatic heterocycles. The summed E-state index contributed by atoms with van der Waals surface area (Å²) in [5.74, 6) is -0.448. The van der Waals surface area contributed by atoms with Gasteiger partial charge in [0.1, 0.15) is 0 Å². The molecule has 7 heteroatoms. The molecule has 1 aromatic heterocycles. The molecular formula is C16H19BrN2O3S. The van der Waals surface area contributed by atoms with Crippen molar-refractivity contribution in [3.05, 3.63) is 23.8 Å². The average Bonchev–Trinajstić information content (AvgIpc) is 2.93. The maximum absolute atomic E-state index is 12.1. The average molecular weight is 399 g/mol. The van der Waals surface area contributed by atoms with Crippen molar-refractivity contribution in [3.8, 4) is 0 Å². The Hall–Kier alpha value is -1.47. The molecule has 0 fully saturated rings. The van der Waals surface area contributed by atoms with Crippen LogP contribution in [0.4, 0.5) is 5.13 Å². The van der Waals surface area contributed by atoms with Gasteiger partial charge in [-0.25, -0.2) is 9.78 Å². The Kier molecular flexibility index (Phi) is 6.53. The van der Waals surface area contributed by atoms with Gasteiger partial charge in [0, 0.05) is 0 Å². The summed E-state index contributed by atoms with van der Waals surface area (Å²) < 4.78 is 5.82. The van der Waals surface area contributed by atoms with Crippen molar-refractivity contribution in [2.75, 3.05) is 11.9 Å². The molecule has 0 radical (unpaired) electrons. The number of halogens is 1. The van der Waals surface area contributed by atoms with Crippen LogP contribution in [-0.2, 0) is 9.53 Å². The monoisotopic (exact) mass is 398 g/mol. The van der Waals surface area contributed by atoms with Gasteiger partial charge in [0.25, 0.3) is 0 Å². The minimum Gasteiger partial charge on any atom is -0.462 e. The number of aromatic nitrogens is 1. The second-order valence-electron chi connectivity index (χ2n) is 5.02. The van der Waals surface area contributed by atoms with Gasteiger partial charge >= 0.3 is 5.97 Å². The highest BCUT2D eigenvalue weighted by Crippen LogP contribution is 2.27. The predicted molar refractivity (Wildman–Crippen MR) is 96.4 cm³/mol. The van der Waals surface area contributed by atoms with Crippen molar-refractivity contribution < 1.29 is 14.3 Å². The third-order valence-electron chi connectivity index (χ3n) is 3.23.